The van der Waals surface area contributed by atoms with Crippen LogP contribution in [-0.4, -0.2) is 125 Å². The number of imidazole rings is 1. The lowest BCUT2D eigenvalue weighted by Gasteiger charge is -2.11. The van der Waals surface area contributed by atoms with Gasteiger partial charge >= 0.3 is 12.0 Å². The predicted octanol–water partition coefficient (Wildman–Crippen LogP) is 16.4. The van der Waals surface area contributed by atoms with Gasteiger partial charge in [0.2, 0.25) is 29.7 Å². The molecule has 106 heavy (non-hydrogen) atoms. The van der Waals surface area contributed by atoms with Gasteiger partial charge in [0.1, 0.15) is 51.8 Å². The van der Waals surface area contributed by atoms with E-state index in [4.69, 9.17) is 44.6 Å². The maximum Gasteiger partial charge on any atom is 0.361 e. The van der Waals surface area contributed by atoms with Gasteiger partial charge in [-0.2, -0.15) is 24.9 Å². The molecule has 566 valence electrons. The zero-order chi connectivity index (χ0) is 75.0. The molecule has 0 aliphatic rings. The first kappa shape index (κ1) is 82.4. The van der Waals surface area contributed by atoms with E-state index in [1.54, 1.807) is 12.1 Å². The van der Waals surface area contributed by atoms with Gasteiger partial charge in [0.25, 0.3) is 0 Å². The molecular formula is C82H108N14O10. The molecule has 24 heteroatoms. The number of carbonyl (C=O) groups is 3. The molecule has 0 aliphatic carbocycles. The zero-order valence-corrected chi connectivity index (χ0v) is 62.3. The number of nitrogens with zero attached hydrogens (tertiary/aromatic N) is 6. The second-order valence-electron chi connectivity index (χ2n) is 25.0. The summed E-state index contributed by atoms with van der Waals surface area (Å²) in [5, 5.41) is 14.4. The summed E-state index contributed by atoms with van der Waals surface area (Å²) in [5.41, 5.74) is 18.1. The lowest BCUT2D eigenvalue weighted by Crippen LogP contribution is -2.19. The monoisotopic (exact) mass is 1450 g/mol. The number of nitrogens with one attached hydrogen (secondary N) is 6. The molecule has 0 atom stereocenters. The van der Waals surface area contributed by atoms with Crippen LogP contribution in [0.2, 0.25) is 0 Å². The lowest BCUT2D eigenvalue weighted by molar-refractivity contribution is -0.115. The van der Waals surface area contributed by atoms with E-state index in [2.05, 4.69) is 131 Å². The first-order valence-electron chi connectivity index (χ1n) is 37.3. The van der Waals surface area contributed by atoms with Crippen molar-refractivity contribution in [2.75, 3.05) is 98.9 Å². The standard InChI is InChI=1S/C30H39N5O4.C29H43N7O3.C23H26N2O3/c1-4-5-6-8-19-38-26-14-10-24(11-15-26)25-12-16-27(17-13-25)39-20-9-7-18-31-30-34-28(32-22(2)36)21-29(35-30)33-23(3)37;1-2-3-4-5-6-20-37-25-12-8-23(9-13-25)24-10-14-26(15-11-24)38-21-7-22-39-29-35-27(32-18-16-30)34-28(36-29)33-19-17-31;1-2-3-4-5-6-15-27-20-11-7-18(8-12-20)19-9-13-21(14-10-19)28-23(26)22-16-24-17-25-22/h10-17,21H,4-9,18-20H2,1-3H3,(H3,31,32,33,34,35,36,37);8-15H,2-7,16-22,30-31H2,1H3,(H2,32,33,34,35,36);7-14,16-17H,2-6,15H2,1H3,(H,24,25). The molecule has 3 aromatic heterocycles. The fourth-order valence-corrected chi connectivity index (χ4v) is 10.5. The van der Waals surface area contributed by atoms with E-state index in [1.165, 1.54) is 103 Å². The molecule has 9 aromatic rings. The van der Waals surface area contributed by atoms with Crippen LogP contribution >= 0.6 is 0 Å². The summed E-state index contributed by atoms with van der Waals surface area (Å²) in [4.78, 5) is 62.6. The van der Waals surface area contributed by atoms with Gasteiger partial charge in [-0.25, -0.2) is 9.78 Å². The average molecular weight is 1450 g/mol. The Kier molecular flexibility index (Phi) is 38.1. The fourth-order valence-electron chi connectivity index (χ4n) is 10.5. The average Bonchev–Trinajstić information content (AvgIpc) is 1.61. The smallest absolute Gasteiger partial charge is 0.361 e. The SMILES string of the molecule is CCCCCCCOc1ccc(-c2ccc(OC(=O)c3cnc[nH]3)cc2)cc1.CCCCCCCOc1ccc(-c2ccc(OCCCOc3nc(NCCN)nc(NCCN)n3)cc2)cc1.CCCCCCOc1ccc(-c2ccc(OCCCCNc3nc(NC(C)=O)cc(NC(C)=O)n3)cc2)cc1. The van der Waals surface area contributed by atoms with Crippen LogP contribution in [-0.2, 0) is 9.59 Å². The zero-order valence-electron chi connectivity index (χ0n) is 62.3. The van der Waals surface area contributed by atoms with Crippen molar-refractivity contribution in [3.63, 3.8) is 0 Å². The van der Waals surface area contributed by atoms with E-state index in [9.17, 15) is 14.4 Å². The van der Waals surface area contributed by atoms with Crippen LogP contribution in [0.1, 0.15) is 154 Å². The first-order chi connectivity index (χ1) is 51.9. The van der Waals surface area contributed by atoms with Crippen LogP contribution in [0.5, 0.6) is 40.5 Å². The van der Waals surface area contributed by atoms with E-state index >= 15 is 0 Å². The van der Waals surface area contributed by atoms with Crippen LogP contribution in [0, 0.1) is 0 Å². The number of nitrogens with two attached hydrogens (primary N) is 2. The van der Waals surface area contributed by atoms with Crippen molar-refractivity contribution in [1.82, 2.24) is 34.9 Å². The first-order valence-corrected chi connectivity index (χ1v) is 37.3. The van der Waals surface area contributed by atoms with Gasteiger partial charge < -0.3 is 76.2 Å². The van der Waals surface area contributed by atoms with Crippen LogP contribution in [0.15, 0.2) is 164 Å². The molecular weight excluding hydrogens is 1340 g/mol. The third-order valence-electron chi connectivity index (χ3n) is 16.1. The number of amides is 2. The van der Waals surface area contributed by atoms with Gasteiger partial charge in [0.15, 0.2) is 0 Å². The Morgan fingerprint density at radius 2 is 0.689 bits per heavy atom. The molecule has 24 nitrogen and oxygen atoms in total. The van der Waals surface area contributed by atoms with E-state index in [1.807, 2.05) is 84.9 Å². The Bertz CT molecular complexity index is 3830. The molecule has 0 aliphatic heterocycles. The van der Waals surface area contributed by atoms with Crippen LogP contribution in [0.25, 0.3) is 33.4 Å². The maximum absolute atomic E-state index is 11.9. The van der Waals surface area contributed by atoms with E-state index in [0.29, 0.717) is 99.9 Å². The number of benzene rings is 6. The van der Waals surface area contributed by atoms with Gasteiger partial charge in [0.05, 0.1) is 52.2 Å². The Labute approximate surface area is 624 Å². The van der Waals surface area contributed by atoms with E-state index in [0.717, 1.165) is 114 Å². The van der Waals surface area contributed by atoms with Crippen molar-refractivity contribution in [3.8, 4) is 73.9 Å². The number of H-pyrrole nitrogens is 1. The van der Waals surface area contributed by atoms with Crippen molar-refractivity contribution < 1.29 is 47.5 Å². The minimum atomic E-state index is -0.457. The van der Waals surface area contributed by atoms with Crippen molar-refractivity contribution in [2.24, 2.45) is 11.5 Å². The molecule has 0 unspecified atom stereocenters. The Balaban J connectivity index is 0.000000225. The number of carbonyl (C=O) groups excluding carboxylic acids is 3. The number of anilines is 5. The normalized spacial score (nSPS) is 10.6. The third kappa shape index (κ3) is 32.4. The van der Waals surface area contributed by atoms with Gasteiger partial charge in [0, 0.05) is 59.1 Å². The molecule has 0 saturated heterocycles. The number of hydrogen-bond donors (Lipinski definition) is 8. The number of rotatable bonds is 46. The minimum absolute atomic E-state index is 0.233. The van der Waals surface area contributed by atoms with E-state index < -0.39 is 5.97 Å². The molecule has 9 rings (SSSR count). The maximum atomic E-state index is 11.9. The molecule has 0 saturated carbocycles. The van der Waals surface area contributed by atoms with Gasteiger partial charge in [-0.3, -0.25) is 9.59 Å². The molecule has 3 heterocycles. The molecule has 0 bridgehead atoms. The van der Waals surface area contributed by atoms with Crippen molar-refractivity contribution in [1.29, 1.82) is 0 Å². The summed E-state index contributed by atoms with van der Waals surface area (Å²) < 4.78 is 40.3. The van der Waals surface area contributed by atoms with Crippen LogP contribution in [0.3, 0.4) is 0 Å². The van der Waals surface area contributed by atoms with Gasteiger partial charge in [-0.05, 0) is 138 Å². The number of aromatic amines is 1. The second-order valence-corrected chi connectivity index (χ2v) is 25.0. The van der Waals surface area contributed by atoms with Gasteiger partial charge in [-0.1, -0.05) is 164 Å². The highest BCUT2D eigenvalue weighted by Crippen LogP contribution is 2.29. The number of aromatic nitrogens is 7. The second kappa shape index (κ2) is 49.0. The predicted molar refractivity (Wildman–Crippen MR) is 422 cm³/mol. The summed E-state index contributed by atoms with van der Waals surface area (Å²) >= 11 is 0. The van der Waals surface area contributed by atoms with Crippen LogP contribution in [0.4, 0.5) is 29.5 Å². The van der Waals surface area contributed by atoms with Crippen molar-refractivity contribution in [2.45, 2.75) is 144 Å². The Hall–Kier alpha value is -10.9. The number of hydrogen-bond acceptors (Lipinski definition) is 21. The molecule has 10 N–H and O–H groups in total. The molecule has 0 radical (unpaired) electrons. The minimum Gasteiger partial charge on any atom is -0.494 e. The highest BCUT2D eigenvalue weighted by atomic mass is 16.5. The highest BCUT2D eigenvalue weighted by Gasteiger charge is 2.13. The summed E-state index contributed by atoms with van der Waals surface area (Å²) in [6, 6.07) is 49.9. The summed E-state index contributed by atoms with van der Waals surface area (Å²) in [7, 11) is 0. The molecule has 6 aromatic carbocycles. The largest absolute Gasteiger partial charge is 0.494 e. The summed E-state index contributed by atoms with van der Waals surface area (Å²) in [6.45, 7) is 15.9. The Morgan fingerprint density at radius 1 is 0.368 bits per heavy atom. The Morgan fingerprint density at radius 3 is 1.04 bits per heavy atom. The third-order valence-corrected chi connectivity index (χ3v) is 16.1. The number of ether oxygens (including phenoxy) is 7. The van der Waals surface area contributed by atoms with Crippen molar-refractivity contribution in [3.05, 3.63) is 170 Å². The fraction of sp³-hybridized carbons (Fsp3) is 0.402. The highest BCUT2D eigenvalue weighted by molar-refractivity contribution is 5.91. The quantitative estimate of drug-likeness (QED) is 0.00998. The number of unbranched alkanes of at least 4 members (excludes halogenated alkanes) is 12. The van der Waals surface area contributed by atoms with Gasteiger partial charge in [-0.15, -0.1) is 0 Å². The van der Waals surface area contributed by atoms with Crippen molar-refractivity contribution >= 4 is 47.3 Å². The summed E-state index contributed by atoms with van der Waals surface area (Å²) in [5.74, 6) is 5.64. The molecule has 2 amide bonds. The summed E-state index contributed by atoms with van der Waals surface area (Å²) in [6.07, 6.45) is 22.4. The lowest BCUT2D eigenvalue weighted by atomic mass is 10.1. The molecule has 0 spiro atoms. The topological polar surface area (TPSA) is 321 Å². The van der Waals surface area contributed by atoms with E-state index in [-0.39, 0.29) is 17.8 Å². The number of esters is 1. The van der Waals surface area contributed by atoms with Crippen LogP contribution < -0.4 is 71.2 Å². The molecule has 0 fully saturated rings.